The van der Waals surface area contributed by atoms with Crippen molar-refractivity contribution in [2.45, 2.75) is 6.54 Å². The first kappa shape index (κ1) is 21.2. The molecule has 34 heavy (non-hydrogen) atoms. The Balaban J connectivity index is 1.76. The normalized spacial score (nSPS) is 11.1. The van der Waals surface area contributed by atoms with Crippen molar-refractivity contribution < 1.29 is 9.47 Å². The van der Waals surface area contributed by atoms with Gasteiger partial charge in [-0.25, -0.2) is 14.3 Å². The van der Waals surface area contributed by atoms with Crippen LogP contribution in [0.15, 0.2) is 87.3 Å². The van der Waals surface area contributed by atoms with Gasteiger partial charge in [0.25, 0.3) is 11.1 Å². The summed E-state index contributed by atoms with van der Waals surface area (Å²) in [5.41, 5.74) is 0.368. The zero-order valence-electron chi connectivity index (χ0n) is 18.5. The second-order valence-electron chi connectivity index (χ2n) is 7.58. The number of hydrogen-bond donors (Lipinski definition) is 0. The second-order valence-corrected chi connectivity index (χ2v) is 7.58. The Bertz CT molecular complexity index is 1730. The van der Waals surface area contributed by atoms with Gasteiger partial charge in [-0.1, -0.05) is 18.2 Å². The highest BCUT2D eigenvalue weighted by atomic mass is 16.5. The molecule has 0 N–H and O–H groups in total. The van der Waals surface area contributed by atoms with Crippen LogP contribution in [0.25, 0.3) is 22.2 Å². The highest BCUT2D eigenvalue weighted by molar-refractivity contribution is 5.78. The molecule has 0 amide bonds. The van der Waals surface area contributed by atoms with E-state index in [1.807, 2.05) is 0 Å². The lowest BCUT2D eigenvalue weighted by Gasteiger charge is -2.15. The van der Waals surface area contributed by atoms with Crippen LogP contribution in [0.1, 0.15) is 5.69 Å². The molecular formula is C25H20N4O5. The van der Waals surface area contributed by atoms with Gasteiger partial charge in [0.2, 0.25) is 0 Å². The Labute approximate surface area is 192 Å². The Morgan fingerprint density at radius 1 is 0.853 bits per heavy atom. The molecule has 0 saturated heterocycles. The Morgan fingerprint density at radius 3 is 2.41 bits per heavy atom. The molecule has 0 aliphatic carbocycles. The standard InChI is InChI=1S/C25H20N4O5/c1-33-20-11-10-17(14-21(20)34-2)29-24(31)18-7-3-4-8-19(18)28(25(29)32)15-16-13-23(30)27-12-6-5-9-22(27)26-16/h3-14H,15H2,1-2H3. The Kier molecular flexibility index (Phi) is 5.21. The fourth-order valence-corrected chi connectivity index (χ4v) is 4.01. The predicted molar refractivity (Wildman–Crippen MR) is 127 cm³/mol. The molecule has 0 radical (unpaired) electrons. The summed E-state index contributed by atoms with van der Waals surface area (Å²) in [6.45, 7) is 0.00749. The van der Waals surface area contributed by atoms with Crippen molar-refractivity contribution in [2.75, 3.05) is 14.2 Å². The first-order valence-corrected chi connectivity index (χ1v) is 10.5. The summed E-state index contributed by atoms with van der Waals surface area (Å²) in [7, 11) is 2.98. The molecule has 9 heteroatoms. The third-order valence-corrected chi connectivity index (χ3v) is 5.62. The lowest BCUT2D eigenvalue weighted by Crippen LogP contribution is -2.39. The van der Waals surface area contributed by atoms with Crippen molar-refractivity contribution in [2.24, 2.45) is 0 Å². The van der Waals surface area contributed by atoms with Crippen molar-refractivity contribution in [1.82, 2.24) is 18.5 Å². The Morgan fingerprint density at radius 2 is 1.62 bits per heavy atom. The molecule has 3 heterocycles. The number of methoxy groups -OCH3 is 2. The van der Waals surface area contributed by atoms with Crippen LogP contribution < -0.4 is 26.3 Å². The topological polar surface area (TPSA) is 96.8 Å². The van der Waals surface area contributed by atoms with Gasteiger partial charge in [0.05, 0.1) is 43.0 Å². The summed E-state index contributed by atoms with van der Waals surface area (Å²) in [6.07, 6.45) is 1.63. The van der Waals surface area contributed by atoms with Gasteiger partial charge < -0.3 is 9.47 Å². The van der Waals surface area contributed by atoms with Crippen molar-refractivity contribution in [3.63, 3.8) is 0 Å². The molecule has 9 nitrogen and oxygen atoms in total. The van der Waals surface area contributed by atoms with Gasteiger partial charge in [0.15, 0.2) is 11.5 Å². The van der Waals surface area contributed by atoms with Crippen LogP contribution in [0.3, 0.4) is 0 Å². The third-order valence-electron chi connectivity index (χ3n) is 5.62. The molecule has 0 bridgehead atoms. The average molecular weight is 456 g/mol. The zero-order valence-corrected chi connectivity index (χ0v) is 18.5. The lowest BCUT2D eigenvalue weighted by atomic mass is 10.2. The number of ether oxygens (including phenoxy) is 2. The second kappa shape index (κ2) is 8.36. The number of para-hydroxylation sites is 1. The van der Waals surface area contributed by atoms with E-state index in [4.69, 9.17) is 9.47 Å². The number of nitrogens with zero attached hydrogens (tertiary/aromatic N) is 4. The molecular weight excluding hydrogens is 436 g/mol. The zero-order chi connectivity index (χ0) is 23.8. The van der Waals surface area contributed by atoms with Crippen LogP contribution in [-0.2, 0) is 6.54 Å². The Hall–Kier alpha value is -4.66. The molecule has 0 aliphatic heterocycles. The van der Waals surface area contributed by atoms with Crippen LogP contribution in [0.2, 0.25) is 0 Å². The summed E-state index contributed by atoms with van der Waals surface area (Å²) in [6, 6.07) is 18.3. The van der Waals surface area contributed by atoms with Gasteiger partial charge in [-0.15, -0.1) is 0 Å². The maximum atomic E-state index is 13.7. The third kappa shape index (κ3) is 3.43. The monoisotopic (exact) mass is 456 g/mol. The van der Waals surface area contributed by atoms with E-state index in [1.54, 1.807) is 66.9 Å². The summed E-state index contributed by atoms with van der Waals surface area (Å²) < 4.78 is 14.6. The number of benzene rings is 2. The molecule has 0 atom stereocenters. The van der Waals surface area contributed by atoms with Gasteiger partial charge in [0, 0.05) is 18.3 Å². The van der Waals surface area contributed by atoms with E-state index >= 15 is 0 Å². The van der Waals surface area contributed by atoms with Gasteiger partial charge in [-0.2, -0.15) is 0 Å². The van der Waals surface area contributed by atoms with Crippen molar-refractivity contribution in [3.05, 3.63) is 110 Å². The van der Waals surface area contributed by atoms with E-state index in [1.165, 1.54) is 29.3 Å². The number of fused-ring (bicyclic) bond motifs is 2. The molecule has 0 unspecified atom stereocenters. The summed E-state index contributed by atoms with van der Waals surface area (Å²) in [5, 5.41) is 0.356. The average Bonchev–Trinajstić information content (AvgIpc) is 2.86. The van der Waals surface area contributed by atoms with Crippen molar-refractivity contribution >= 4 is 16.6 Å². The molecule has 0 fully saturated rings. The summed E-state index contributed by atoms with van der Waals surface area (Å²) in [4.78, 5) is 44.1. The number of pyridine rings is 1. The first-order chi connectivity index (χ1) is 16.5. The molecule has 0 aliphatic rings. The minimum Gasteiger partial charge on any atom is -0.493 e. The van der Waals surface area contributed by atoms with Crippen LogP contribution in [0.5, 0.6) is 11.5 Å². The highest BCUT2D eigenvalue weighted by Crippen LogP contribution is 2.28. The van der Waals surface area contributed by atoms with Crippen LogP contribution in [0.4, 0.5) is 0 Å². The van der Waals surface area contributed by atoms with E-state index in [2.05, 4.69) is 4.98 Å². The molecule has 5 aromatic rings. The highest BCUT2D eigenvalue weighted by Gasteiger charge is 2.17. The van der Waals surface area contributed by atoms with Gasteiger partial charge >= 0.3 is 5.69 Å². The van der Waals surface area contributed by atoms with E-state index in [0.717, 1.165) is 4.57 Å². The molecule has 0 saturated carbocycles. The van der Waals surface area contributed by atoms with Crippen LogP contribution in [-0.4, -0.2) is 32.7 Å². The summed E-state index contributed by atoms with van der Waals surface area (Å²) >= 11 is 0. The molecule has 3 aromatic heterocycles. The van der Waals surface area contributed by atoms with Gasteiger partial charge in [-0.3, -0.25) is 18.6 Å². The maximum Gasteiger partial charge on any atom is 0.336 e. The smallest absolute Gasteiger partial charge is 0.336 e. The molecule has 2 aromatic carbocycles. The minimum atomic E-state index is -0.564. The fourth-order valence-electron chi connectivity index (χ4n) is 4.01. The van der Waals surface area contributed by atoms with Crippen molar-refractivity contribution in [1.29, 1.82) is 0 Å². The van der Waals surface area contributed by atoms with E-state index in [9.17, 15) is 14.4 Å². The fraction of sp³-hybridized carbons (Fsp3) is 0.120. The van der Waals surface area contributed by atoms with Gasteiger partial charge in [-0.05, 0) is 36.4 Å². The quantitative estimate of drug-likeness (QED) is 0.402. The van der Waals surface area contributed by atoms with Crippen molar-refractivity contribution in [3.8, 4) is 17.2 Å². The first-order valence-electron chi connectivity index (χ1n) is 10.5. The summed E-state index contributed by atoms with van der Waals surface area (Å²) in [5.74, 6) is 0.858. The molecule has 5 rings (SSSR count). The molecule has 0 spiro atoms. The van der Waals surface area contributed by atoms with E-state index < -0.39 is 11.2 Å². The van der Waals surface area contributed by atoms with E-state index in [-0.39, 0.29) is 12.1 Å². The van der Waals surface area contributed by atoms with Crippen LogP contribution in [0, 0.1) is 0 Å². The predicted octanol–water partition coefficient (Wildman–Crippen LogP) is 2.23. The SMILES string of the molecule is COc1ccc(-n2c(=O)c3ccccc3n(Cc3cc(=O)n4ccccc4n3)c2=O)cc1OC. The molecule has 170 valence electrons. The largest absolute Gasteiger partial charge is 0.493 e. The number of hydrogen-bond acceptors (Lipinski definition) is 6. The maximum absolute atomic E-state index is 13.7. The number of aromatic nitrogens is 4. The van der Waals surface area contributed by atoms with Crippen LogP contribution >= 0.6 is 0 Å². The lowest BCUT2D eigenvalue weighted by molar-refractivity contribution is 0.355. The van der Waals surface area contributed by atoms with Gasteiger partial charge in [0.1, 0.15) is 5.65 Å². The minimum absolute atomic E-state index is 0.00749. The van der Waals surface area contributed by atoms with E-state index in [0.29, 0.717) is 39.4 Å². The number of rotatable bonds is 5.